The molecule has 5 nitrogen and oxygen atoms in total. The first kappa shape index (κ1) is 20.8. The number of hydrogen-bond acceptors (Lipinski definition) is 4. The number of hydrogen-bond donors (Lipinski definition) is 2. The maximum Gasteiger partial charge on any atom is 0.206 e. The summed E-state index contributed by atoms with van der Waals surface area (Å²) in [5.41, 5.74) is 3.55. The van der Waals surface area contributed by atoms with Crippen molar-refractivity contribution in [1.82, 2.24) is 0 Å². The average Bonchev–Trinajstić information content (AvgIpc) is 2.67. The van der Waals surface area contributed by atoms with Crippen molar-refractivity contribution in [2.24, 2.45) is 0 Å². The van der Waals surface area contributed by atoms with E-state index in [1.165, 1.54) is 19.2 Å². The Labute approximate surface area is 176 Å². The number of rotatable bonds is 5. The molecular weight excluding hydrogens is 404 g/mol. The Hall–Kier alpha value is -2.90. The van der Waals surface area contributed by atoms with Crippen molar-refractivity contribution < 1.29 is 13.2 Å². The van der Waals surface area contributed by atoms with Gasteiger partial charge in [0.2, 0.25) is 9.84 Å². The van der Waals surface area contributed by atoms with E-state index >= 15 is 0 Å². The first-order chi connectivity index (χ1) is 13.8. The summed E-state index contributed by atoms with van der Waals surface area (Å²) in [6.07, 6.45) is 0. The second-order valence-electron chi connectivity index (χ2n) is 6.63. The fraction of sp³-hybridized carbons (Fsp3) is 0.136. The standard InChI is InChI=1S/C22H22N2O3S2/c1-15-11-16(2)13-17(12-15)23-22(28)24-20-14-19(9-10-21(20)27-3)29(25,26)18-7-5-4-6-8-18/h4-14H,1-3H3,(H2,23,24,28). The van der Waals surface area contributed by atoms with Gasteiger partial charge in [-0.2, -0.15) is 0 Å². The molecule has 0 heterocycles. The van der Waals surface area contributed by atoms with E-state index in [2.05, 4.69) is 16.7 Å². The Bertz CT molecular complexity index is 1120. The van der Waals surface area contributed by atoms with E-state index in [1.807, 2.05) is 26.0 Å². The summed E-state index contributed by atoms with van der Waals surface area (Å²) in [5.74, 6) is 0.488. The molecule has 0 amide bonds. The van der Waals surface area contributed by atoms with Crippen LogP contribution in [0.3, 0.4) is 0 Å². The number of aryl methyl sites for hydroxylation is 2. The van der Waals surface area contributed by atoms with Gasteiger partial charge in [0.05, 0.1) is 22.6 Å². The van der Waals surface area contributed by atoms with Crippen molar-refractivity contribution in [1.29, 1.82) is 0 Å². The number of ether oxygens (including phenoxy) is 1. The van der Waals surface area contributed by atoms with Gasteiger partial charge in [-0.25, -0.2) is 8.42 Å². The van der Waals surface area contributed by atoms with Gasteiger partial charge in [-0.3, -0.25) is 0 Å². The number of anilines is 2. The van der Waals surface area contributed by atoms with Gasteiger partial charge in [0.15, 0.2) is 5.11 Å². The zero-order valence-corrected chi connectivity index (χ0v) is 18.0. The lowest BCUT2D eigenvalue weighted by Gasteiger charge is -2.15. The molecule has 0 atom stereocenters. The van der Waals surface area contributed by atoms with Gasteiger partial charge >= 0.3 is 0 Å². The molecule has 3 aromatic carbocycles. The fourth-order valence-corrected chi connectivity index (χ4v) is 4.55. The molecule has 0 fully saturated rings. The van der Waals surface area contributed by atoms with Crippen LogP contribution in [-0.4, -0.2) is 20.6 Å². The van der Waals surface area contributed by atoms with Crippen molar-refractivity contribution in [3.8, 4) is 5.75 Å². The van der Waals surface area contributed by atoms with Crippen molar-refractivity contribution >= 4 is 38.5 Å². The monoisotopic (exact) mass is 426 g/mol. The third-order valence-corrected chi connectivity index (χ3v) is 6.23. The summed E-state index contributed by atoms with van der Waals surface area (Å²) in [5, 5.41) is 6.51. The SMILES string of the molecule is COc1ccc(S(=O)(=O)c2ccccc2)cc1NC(=S)Nc1cc(C)cc(C)c1. The van der Waals surface area contributed by atoms with E-state index in [0.717, 1.165) is 16.8 Å². The Morgan fingerprint density at radius 3 is 2.14 bits per heavy atom. The first-order valence-electron chi connectivity index (χ1n) is 8.94. The quantitative estimate of drug-likeness (QED) is 0.563. The van der Waals surface area contributed by atoms with Crippen LogP contribution in [0, 0.1) is 13.8 Å². The van der Waals surface area contributed by atoms with Crippen molar-refractivity contribution in [3.05, 3.63) is 77.9 Å². The Kier molecular flexibility index (Phi) is 6.20. The number of sulfone groups is 1. The summed E-state index contributed by atoms with van der Waals surface area (Å²) >= 11 is 5.42. The summed E-state index contributed by atoms with van der Waals surface area (Å²) in [6.45, 7) is 4.02. The van der Waals surface area contributed by atoms with E-state index in [1.54, 1.807) is 36.4 Å². The summed E-state index contributed by atoms with van der Waals surface area (Å²) in [7, 11) is -2.13. The lowest BCUT2D eigenvalue weighted by molar-refractivity contribution is 0.416. The van der Waals surface area contributed by atoms with Crippen LogP contribution < -0.4 is 15.4 Å². The van der Waals surface area contributed by atoms with Crippen molar-refractivity contribution in [3.63, 3.8) is 0 Å². The fourth-order valence-electron chi connectivity index (χ4n) is 3.02. The highest BCUT2D eigenvalue weighted by Crippen LogP contribution is 2.30. The third-order valence-electron chi connectivity index (χ3n) is 4.26. The third kappa shape index (κ3) is 4.93. The maximum atomic E-state index is 12.9. The molecule has 0 bridgehead atoms. The van der Waals surface area contributed by atoms with E-state index in [-0.39, 0.29) is 9.79 Å². The predicted molar refractivity (Wildman–Crippen MR) is 121 cm³/mol. The Balaban J connectivity index is 1.88. The molecule has 2 N–H and O–H groups in total. The minimum atomic E-state index is -3.65. The zero-order valence-electron chi connectivity index (χ0n) is 16.4. The Morgan fingerprint density at radius 2 is 1.52 bits per heavy atom. The number of thiocarbonyl (C=S) groups is 1. The van der Waals surface area contributed by atoms with Gasteiger partial charge in [-0.05, 0) is 79.7 Å². The minimum absolute atomic E-state index is 0.154. The first-order valence-corrected chi connectivity index (χ1v) is 10.8. The minimum Gasteiger partial charge on any atom is -0.495 e. The van der Waals surface area contributed by atoms with Crippen LogP contribution in [0.2, 0.25) is 0 Å². The van der Waals surface area contributed by atoms with Crippen molar-refractivity contribution in [2.45, 2.75) is 23.6 Å². The lowest BCUT2D eigenvalue weighted by Crippen LogP contribution is -2.20. The molecule has 0 aliphatic rings. The van der Waals surface area contributed by atoms with Crippen molar-refractivity contribution in [2.75, 3.05) is 17.7 Å². The van der Waals surface area contributed by atoms with E-state index < -0.39 is 9.84 Å². The van der Waals surface area contributed by atoms with E-state index in [4.69, 9.17) is 17.0 Å². The largest absolute Gasteiger partial charge is 0.495 e. The molecule has 0 aromatic heterocycles. The van der Waals surface area contributed by atoms with Crippen LogP contribution in [0.4, 0.5) is 11.4 Å². The highest BCUT2D eigenvalue weighted by molar-refractivity contribution is 7.91. The number of methoxy groups -OCH3 is 1. The van der Waals surface area contributed by atoms with E-state index in [9.17, 15) is 8.42 Å². The van der Waals surface area contributed by atoms with Gasteiger partial charge in [0, 0.05) is 5.69 Å². The van der Waals surface area contributed by atoms with Crippen LogP contribution in [0.5, 0.6) is 5.75 Å². The van der Waals surface area contributed by atoms with Gasteiger partial charge < -0.3 is 15.4 Å². The topological polar surface area (TPSA) is 67.4 Å². The summed E-state index contributed by atoms with van der Waals surface area (Å²) in [4.78, 5) is 0.383. The second-order valence-corrected chi connectivity index (χ2v) is 8.99. The molecule has 0 aliphatic carbocycles. The molecule has 0 spiro atoms. The molecule has 0 aliphatic heterocycles. The van der Waals surface area contributed by atoms with Crippen LogP contribution in [0.15, 0.2) is 76.5 Å². The lowest BCUT2D eigenvalue weighted by atomic mass is 10.1. The molecule has 0 saturated heterocycles. The molecule has 3 aromatic rings. The van der Waals surface area contributed by atoms with Crippen LogP contribution in [0.1, 0.15) is 11.1 Å². The highest BCUT2D eigenvalue weighted by atomic mass is 32.2. The molecule has 0 radical (unpaired) electrons. The van der Waals surface area contributed by atoms with Crippen LogP contribution >= 0.6 is 12.2 Å². The van der Waals surface area contributed by atoms with Gasteiger partial charge in [-0.15, -0.1) is 0 Å². The molecule has 7 heteroatoms. The highest BCUT2D eigenvalue weighted by Gasteiger charge is 2.19. The summed E-state index contributed by atoms with van der Waals surface area (Å²) < 4.78 is 31.2. The molecular formula is C22H22N2O3S2. The van der Waals surface area contributed by atoms with Gasteiger partial charge in [0.1, 0.15) is 5.75 Å². The van der Waals surface area contributed by atoms with Gasteiger partial charge in [0.25, 0.3) is 0 Å². The number of benzene rings is 3. The number of nitrogens with one attached hydrogen (secondary N) is 2. The normalized spacial score (nSPS) is 11.0. The summed E-state index contributed by atoms with van der Waals surface area (Å²) in [6, 6.07) is 19.0. The maximum absolute atomic E-state index is 12.9. The molecule has 150 valence electrons. The second kappa shape index (κ2) is 8.63. The molecule has 0 saturated carbocycles. The molecule has 0 unspecified atom stereocenters. The average molecular weight is 427 g/mol. The molecule has 3 rings (SSSR count). The van der Waals surface area contributed by atoms with E-state index in [0.29, 0.717) is 16.5 Å². The predicted octanol–water partition coefficient (Wildman–Crippen LogP) is 4.95. The van der Waals surface area contributed by atoms with Gasteiger partial charge in [-0.1, -0.05) is 24.3 Å². The van der Waals surface area contributed by atoms with Crippen LogP contribution in [0.25, 0.3) is 0 Å². The Morgan fingerprint density at radius 1 is 0.862 bits per heavy atom. The zero-order chi connectivity index (χ0) is 21.0. The smallest absolute Gasteiger partial charge is 0.206 e. The van der Waals surface area contributed by atoms with Crippen LogP contribution in [-0.2, 0) is 9.84 Å². The molecule has 29 heavy (non-hydrogen) atoms.